The number of rotatable bonds is 5. The molecule has 4 nitrogen and oxygen atoms in total. The molecule has 1 aliphatic rings. The Bertz CT molecular complexity index is 412. The van der Waals surface area contributed by atoms with E-state index in [4.69, 9.17) is 0 Å². The van der Waals surface area contributed by atoms with Gasteiger partial charge >= 0.3 is 7.12 Å². The van der Waals surface area contributed by atoms with Gasteiger partial charge in [0.25, 0.3) is 0 Å². The van der Waals surface area contributed by atoms with Crippen LogP contribution in [0, 0.1) is 0 Å². The van der Waals surface area contributed by atoms with E-state index in [1.165, 1.54) is 12.8 Å². The van der Waals surface area contributed by atoms with Gasteiger partial charge in [-0.3, -0.25) is 4.90 Å². The van der Waals surface area contributed by atoms with Crippen LogP contribution in [0.2, 0.25) is 0 Å². The van der Waals surface area contributed by atoms with E-state index >= 15 is 0 Å². The second kappa shape index (κ2) is 6.52. The lowest BCUT2D eigenvalue weighted by Crippen LogP contribution is -2.40. The van der Waals surface area contributed by atoms with Crippen molar-refractivity contribution in [2.75, 3.05) is 27.2 Å². The van der Waals surface area contributed by atoms with Gasteiger partial charge in [0, 0.05) is 19.1 Å². The number of benzene rings is 1. The lowest BCUT2D eigenvalue weighted by Gasteiger charge is -2.27. The molecule has 2 rings (SSSR count). The van der Waals surface area contributed by atoms with Crippen LogP contribution in [-0.2, 0) is 6.54 Å². The monoisotopic (exact) mass is 262 g/mol. The topological polar surface area (TPSA) is 46.9 Å². The summed E-state index contributed by atoms with van der Waals surface area (Å²) in [6.45, 7) is 2.95. The highest BCUT2D eigenvalue weighted by Crippen LogP contribution is 2.20. The van der Waals surface area contributed by atoms with Crippen molar-refractivity contribution in [2.45, 2.75) is 25.4 Å². The van der Waals surface area contributed by atoms with Gasteiger partial charge < -0.3 is 14.9 Å². The van der Waals surface area contributed by atoms with Crippen LogP contribution in [0.1, 0.15) is 18.4 Å². The third-order valence-electron chi connectivity index (χ3n) is 3.78. The molecule has 1 aromatic rings. The first-order valence-corrected chi connectivity index (χ1v) is 6.90. The van der Waals surface area contributed by atoms with Crippen LogP contribution in [-0.4, -0.2) is 60.2 Å². The fourth-order valence-corrected chi connectivity index (χ4v) is 2.88. The molecule has 2 N–H and O–H groups in total. The van der Waals surface area contributed by atoms with E-state index in [0.717, 1.165) is 25.2 Å². The van der Waals surface area contributed by atoms with E-state index in [1.807, 2.05) is 18.2 Å². The van der Waals surface area contributed by atoms with E-state index in [1.54, 1.807) is 6.07 Å². The maximum atomic E-state index is 9.42. The molecule has 1 saturated heterocycles. The van der Waals surface area contributed by atoms with Gasteiger partial charge in [-0.1, -0.05) is 24.3 Å². The molecule has 0 radical (unpaired) electrons. The SMILES string of the molecule is CN(C)CC1CCCN1Cc1ccccc1B(O)O. The van der Waals surface area contributed by atoms with E-state index in [9.17, 15) is 10.0 Å². The molecule has 1 aliphatic heterocycles. The summed E-state index contributed by atoms with van der Waals surface area (Å²) in [5, 5.41) is 18.8. The minimum atomic E-state index is -1.38. The average Bonchev–Trinajstić information content (AvgIpc) is 2.76. The molecule has 19 heavy (non-hydrogen) atoms. The first kappa shape index (κ1) is 14.5. The Morgan fingerprint density at radius 3 is 2.74 bits per heavy atom. The predicted molar refractivity (Wildman–Crippen MR) is 78.3 cm³/mol. The maximum absolute atomic E-state index is 9.42. The minimum absolute atomic E-state index is 0.568. The van der Waals surface area contributed by atoms with Crippen molar-refractivity contribution in [2.24, 2.45) is 0 Å². The zero-order valence-electron chi connectivity index (χ0n) is 11.8. The van der Waals surface area contributed by atoms with Crippen LogP contribution < -0.4 is 5.46 Å². The van der Waals surface area contributed by atoms with Gasteiger partial charge in [-0.25, -0.2) is 0 Å². The van der Waals surface area contributed by atoms with Gasteiger partial charge in [0.05, 0.1) is 0 Å². The smallest absolute Gasteiger partial charge is 0.423 e. The Kier molecular flexibility index (Phi) is 4.99. The average molecular weight is 262 g/mol. The van der Waals surface area contributed by atoms with Gasteiger partial charge in [0.2, 0.25) is 0 Å². The Morgan fingerprint density at radius 1 is 1.32 bits per heavy atom. The zero-order chi connectivity index (χ0) is 13.8. The highest BCUT2D eigenvalue weighted by Gasteiger charge is 2.26. The van der Waals surface area contributed by atoms with Gasteiger partial charge in [0.1, 0.15) is 0 Å². The number of hydrogen-bond acceptors (Lipinski definition) is 4. The van der Waals surface area contributed by atoms with E-state index in [-0.39, 0.29) is 0 Å². The molecule has 1 atom stereocenters. The van der Waals surface area contributed by atoms with E-state index < -0.39 is 7.12 Å². The molecular weight excluding hydrogens is 239 g/mol. The van der Waals surface area contributed by atoms with Crippen LogP contribution in [0.15, 0.2) is 24.3 Å². The normalized spacial score (nSPS) is 20.2. The number of hydrogen-bond donors (Lipinski definition) is 2. The fraction of sp³-hybridized carbons (Fsp3) is 0.571. The minimum Gasteiger partial charge on any atom is -0.423 e. The first-order valence-electron chi connectivity index (χ1n) is 6.90. The molecule has 0 aromatic heterocycles. The molecule has 0 saturated carbocycles. The Morgan fingerprint density at radius 2 is 2.05 bits per heavy atom. The van der Waals surface area contributed by atoms with Crippen LogP contribution >= 0.6 is 0 Å². The van der Waals surface area contributed by atoms with Crippen molar-refractivity contribution >= 4 is 12.6 Å². The largest absolute Gasteiger partial charge is 0.488 e. The molecule has 0 amide bonds. The van der Waals surface area contributed by atoms with Crippen LogP contribution in [0.25, 0.3) is 0 Å². The molecule has 0 spiro atoms. The third-order valence-corrected chi connectivity index (χ3v) is 3.78. The predicted octanol–water partition coefficient (Wildman–Crippen LogP) is -0.108. The van der Waals surface area contributed by atoms with E-state index in [2.05, 4.69) is 23.9 Å². The van der Waals surface area contributed by atoms with Crippen LogP contribution in [0.5, 0.6) is 0 Å². The maximum Gasteiger partial charge on any atom is 0.488 e. The van der Waals surface area contributed by atoms with Crippen molar-refractivity contribution in [3.63, 3.8) is 0 Å². The molecular formula is C14H23BN2O2. The molecule has 0 bridgehead atoms. The lowest BCUT2D eigenvalue weighted by molar-refractivity contribution is 0.201. The molecule has 1 aromatic carbocycles. The van der Waals surface area contributed by atoms with Crippen LogP contribution in [0.3, 0.4) is 0 Å². The Balaban J connectivity index is 2.08. The van der Waals surface area contributed by atoms with Crippen molar-refractivity contribution in [3.05, 3.63) is 29.8 Å². The summed E-state index contributed by atoms with van der Waals surface area (Å²) in [4.78, 5) is 4.66. The highest BCUT2D eigenvalue weighted by atomic mass is 16.4. The number of likely N-dealkylation sites (N-methyl/N-ethyl adjacent to an activating group) is 1. The second-order valence-electron chi connectivity index (χ2n) is 5.60. The fourth-order valence-electron chi connectivity index (χ4n) is 2.88. The van der Waals surface area contributed by atoms with Gasteiger partial charge in [0.15, 0.2) is 0 Å². The summed E-state index contributed by atoms with van der Waals surface area (Å²) in [5.74, 6) is 0. The van der Waals surface area contributed by atoms with Crippen molar-refractivity contribution in [3.8, 4) is 0 Å². The van der Waals surface area contributed by atoms with E-state index in [0.29, 0.717) is 11.5 Å². The summed E-state index contributed by atoms with van der Waals surface area (Å²) in [7, 11) is 2.82. The lowest BCUT2D eigenvalue weighted by atomic mass is 9.77. The summed E-state index contributed by atoms with van der Waals surface area (Å²) in [6.07, 6.45) is 2.45. The number of likely N-dealkylation sites (tertiary alicyclic amines) is 1. The highest BCUT2D eigenvalue weighted by molar-refractivity contribution is 6.59. The zero-order valence-corrected chi connectivity index (χ0v) is 11.8. The molecule has 5 heteroatoms. The third kappa shape index (κ3) is 3.80. The van der Waals surface area contributed by atoms with Crippen molar-refractivity contribution < 1.29 is 10.0 Å². The van der Waals surface area contributed by atoms with Gasteiger partial charge in [-0.05, 0) is 44.5 Å². The summed E-state index contributed by atoms with van der Waals surface area (Å²) in [5.41, 5.74) is 1.64. The quantitative estimate of drug-likeness (QED) is 0.727. The molecule has 104 valence electrons. The Labute approximate surface area is 115 Å². The second-order valence-corrected chi connectivity index (χ2v) is 5.60. The first-order chi connectivity index (χ1) is 9.08. The van der Waals surface area contributed by atoms with Gasteiger partial charge in [-0.15, -0.1) is 0 Å². The van der Waals surface area contributed by atoms with Crippen molar-refractivity contribution in [1.29, 1.82) is 0 Å². The summed E-state index contributed by atoms with van der Waals surface area (Å²) in [6, 6.07) is 8.15. The summed E-state index contributed by atoms with van der Waals surface area (Å²) >= 11 is 0. The molecule has 1 fully saturated rings. The number of nitrogens with zero attached hydrogens (tertiary/aromatic N) is 2. The standard InChI is InChI=1S/C14H23BN2O2/c1-16(2)11-13-7-5-9-17(13)10-12-6-3-4-8-14(12)15(18)19/h3-4,6,8,13,18-19H,5,7,9-11H2,1-2H3. The molecule has 1 heterocycles. The summed E-state index contributed by atoms with van der Waals surface area (Å²) < 4.78 is 0. The molecule has 0 aliphatic carbocycles. The van der Waals surface area contributed by atoms with Crippen LogP contribution in [0.4, 0.5) is 0 Å². The van der Waals surface area contributed by atoms with Gasteiger partial charge in [-0.2, -0.15) is 0 Å². The molecule has 1 unspecified atom stereocenters. The van der Waals surface area contributed by atoms with Crippen molar-refractivity contribution in [1.82, 2.24) is 9.80 Å². The Hall–Kier alpha value is -0.875.